The van der Waals surface area contributed by atoms with Gasteiger partial charge in [0.15, 0.2) is 0 Å². The number of anilines is 4. The van der Waals surface area contributed by atoms with Crippen LogP contribution < -0.4 is 22.1 Å². The molecule has 2 aliphatic rings. The van der Waals surface area contributed by atoms with Gasteiger partial charge in [0.25, 0.3) is 0 Å². The minimum Gasteiger partial charge on any atom is -0.393 e. The van der Waals surface area contributed by atoms with Crippen molar-refractivity contribution in [1.29, 1.82) is 0 Å². The lowest BCUT2D eigenvalue weighted by Crippen LogP contribution is -2.36. The van der Waals surface area contributed by atoms with E-state index in [4.69, 9.17) is 34.7 Å². The third-order valence-electron chi connectivity index (χ3n) is 7.72. The summed E-state index contributed by atoms with van der Waals surface area (Å²) in [6.07, 6.45) is 10.3. The summed E-state index contributed by atoms with van der Waals surface area (Å²) in [6, 6.07) is 15.5. The van der Waals surface area contributed by atoms with Crippen molar-refractivity contribution in [2.75, 3.05) is 22.1 Å². The third kappa shape index (κ3) is 10.2. The van der Waals surface area contributed by atoms with Crippen LogP contribution in [-0.4, -0.2) is 54.4 Å². The lowest BCUT2D eigenvalue weighted by Gasteiger charge is -2.29. The van der Waals surface area contributed by atoms with Crippen LogP contribution in [0.1, 0.15) is 51.4 Å². The first-order valence-electron chi connectivity index (χ1n) is 15.2. The molecule has 4 aromatic rings. The Bertz CT molecular complexity index is 1560. The molecule has 10 nitrogen and oxygen atoms in total. The van der Waals surface area contributed by atoms with Crippen molar-refractivity contribution in [2.45, 2.75) is 95.2 Å². The number of halogens is 2. The molecule has 46 heavy (non-hydrogen) atoms. The molecule has 0 bridgehead atoms. The molecule has 2 saturated carbocycles. The molecule has 0 amide bonds. The Morgan fingerprint density at radius 2 is 1.13 bits per heavy atom. The predicted octanol–water partition coefficient (Wildman–Crippen LogP) is 7.16. The highest BCUT2D eigenvalue weighted by Gasteiger charge is 2.24. The molecule has 2 aliphatic carbocycles. The van der Waals surface area contributed by atoms with Gasteiger partial charge in [-0.3, -0.25) is 0 Å². The van der Waals surface area contributed by atoms with Gasteiger partial charge >= 0.3 is 0 Å². The zero-order valence-corrected chi connectivity index (χ0v) is 28.3. The Morgan fingerprint density at radius 3 is 1.63 bits per heavy atom. The van der Waals surface area contributed by atoms with Crippen molar-refractivity contribution in [2.24, 2.45) is 0 Å². The summed E-state index contributed by atoms with van der Waals surface area (Å²) in [5, 5.41) is 28.0. The second kappa shape index (κ2) is 16.7. The first-order valence-corrected chi connectivity index (χ1v) is 17.6. The molecule has 0 spiro atoms. The number of rotatable bonds is 8. The van der Waals surface area contributed by atoms with Gasteiger partial charge in [-0.25, -0.2) is 9.97 Å². The molecule has 0 aliphatic heterocycles. The van der Waals surface area contributed by atoms with E-state index in [0.717, 1.165) is 76.8 Å². The van der Waals surface area contributed by atoms with Crippen LogP contribution in [0.15, 0.2) is 80.5 Å². The molecule has 6 rings (SSSR count). The van der Waals surface area contributed by atoms with E-state index >= 15 is 0 Å². The average molecular weight is 702 g/mol. The van der Waals surface area contributed by atoms with E-state index in [1.807, 2.05) is 48.5 Å². The van der Waals surface area contributed by atoms with Gasteiger partial charge in [0.2, 0.25) is 11.9 Å². The normalized spacial score (nSPS) is 21.1. The lowest BCUT2D eigenvalue weighted by molar-refractivity contribution is 0.116. The van der Waals surface area contributed by atoms with Gasteiger partial charge in [0, 0.05) is 38.3 Å². The van der Waals surface area contributed by atoms with Crippen LogP contribution in [-0.2, 0) is 0 Å². The summed E-state index contributed by atoms with van der Waals surface area (Å²) >= 11 is 15.0. The van der Waals surface area contributed by atoms with Gasteiger partial charge in [-0.15, -0.1) is 0 Å². The summed E-state index contributed by atoms with van der Waals surface area (Å²) in [5.74, 6) is 1.89. The number of nitrogens with two attached hydrogens (primary N) is 2. The number of hydrogen-bond donors (Lipinski definition) is 6. The van der Waals surface area contributed by atoms with Gasteiger partial charge in [0.05, 0.1) is 28.0 Å². The molecule has 2 aromatic carbocycles. The zero-order chi connectivity index (χ0) is 32.5. The Kier molecular flexibility index (Phi) is 12.5. The molecule has 2 fully saturated rings. The van der Waals surface area contributed by atoms with Gasteiger partial charge in [-0.05, 0) is 87.1 Å². The van der Waals surface area contributed by atoms with E-state index in [1.165, 1.54) is 11.8 Å². The number of benzene rings is 2. The first-order chi connectivity index (χ1) is 22.2. The van der Waals surface area contributed by atoms with Crippen LogP contribution in [0.5, 0.6) is 0 Å². The van der Waals surface area contributed by atoms with Crippen molar-refractivity contribution < 1.29 is 10.2 Å². The van der Waals surface area contributed by atoms with Crippen LogP contribution in [0.25, 0.3) is 0 Å². The van der Waals surface area contributed by atoms with E-state index in [2.05, 4.69) is 30.6 Å². The minimum atomic E-state index is -0.353. The van der Waals surface area contributed by atoms with Crippen LogP contribution in [0.3, 0.4) is 0 Å². The SMILES string of the molecule is Nc1ncc(Sc2ccc(Cl)cc2)c(NC2CCC(O)CC2)n1.Nc1ncc(Sc2ccc(Cl)cc2)c(N[C@@H]2CCCC[C@H]2O)n1. The quantitative estimate of drug-likeness (QED) is 0.110. The molecule has 2 atom stereocenters. The largest absolute Gasteiger partial charge is 0.393 e. The highest BCUT2D eigenvalue weighted by Crippen LogP contribution is 2.35. The molecule has 2 heterocycles. The fraction of sp³-hybridized carbons (Fsp3) is 0.375. The number of nitrogens with one attached hydrogen (secondary N) is 2. The van der Waals surface area contributed by atoms with Crippen molar-refractivity contribution in [3.05, 3.63) is 71.0 Å². The number of nitrogen functional groups attached to an aromatic ring is 2. The highest BCUT2D eigenvalue weighted by atomic mass is 35.5. The van der Waals surface area contributed by atoms with Crippen molar-refractivity contribution in [3.8, 4) is 0 Å². The van der Waals surface area contributed by atoms with E-state index in [0.29, 0.717) is 21.9 Å². The second-order valence-electron chi connectivity index (χ2n) is 11.2. The zero-order valence-electron chi connectivity index (χ0n) is 25.2. The summed E-state index contributed by atoms with van der Waals surface area (Å²) in [5.41, 5.74) is 11.5. The topological polar surface area (TPSA) is 168 Å². The van der Waals surface area contributed by atoms with E-state index in [9.17, 15) is 10.2 Å². The first kappa shape index (κ1) is 34.3. The monoisotopic (exact) mass is 700 g/mol. The Labute approximate surface area is 287 Å². The maximum Gasteiger partial charge on any atom is 0.221 e. The van der Waals surface area contributed by atoms with Crippen molar-refractivity contribution >= 4 is 70.3 Å². The van der Waals surface area contributed by atoms with Crippen molar-refractivity contribution in [3.63, 3.8) is 0 Å². The fourth-order valence-electron chi connectivity index (χ4n) is 5.25. The summed E-state index contributed by atoms with van der Waals surface area (Å²) in [6.45, 7) is 0. The average Bonchev–Trinajstić information content (AvgIpc) is 3.04. The molecule has 244 valence electrons. The van der Waals surface area contributed by atoms with E-state index in [1.54, 1.807) is 24.2 Å². The third-order valence-corrected chi connectivity index (χ3v) is 10.3. The smallest absolute Gasteiger partial charge is 0.221 e. The highest BCUT2D eigenvalue weighted by molar-refractivity contribution is 7.99. The second-order valence-corrected chi connectivity index (χ2v) is 14.4. The van der Waals surface area contributed by atoms with Crippen LogP contribution >= 0.6 is 46.7 Å². The number of nitrogens with zero attached hydrogens (tertiary/aromatic N) is 4. The number of aliphatic hydroxyl groups excluding tert-OH is 2. The van der Waals surface area contributed by atoms with Crippen molar-refractivity contribution in [1.82, 2.24) is 19.9 Å². The Morgan fingerprint density at radius 1 is 0.652 bits per heavy atom. The standard InChI is InChI=1S/2C16H19ClN4OS/c17-10-1-7-13(8-2-10)23-14-9-19-16(18)21-15(14)20-11-3-5-12(22)6-4-11;17-10-5-7-11(8-6-10)23-14-9-19-16(18)21-15(14)20-12-3-1-2-4-13(12)22/h1-2,7-9,11-12,22H,3-6H2,(H3,18,19,20,21);5-9,12-13,22H,1-4H2,(H3,18,19,20,21)/t;12-,13-/m.1/s1. The summed E-state index contributed by atoms with van der Waals surface area (Å²) < 4.78 is 0. The molecule has 0 saturated heterocycles. The van der Waals surface area contributed by atoms with Gasteiger partial charge < -0.3 is 32.3 Å². The van der Waals surface area contributed by atoms with Crippen LogP contribution in [0.4, 0.5) is 23.5 Å². The van der Waals surface area contributed by atoms with Crippen LogP contribution in [0, 0.1) is 0 Å². The molecular formula is C32H38Cl2N8O2S2. The lowest BCUT2D eigenvalue weighted by atomic mass is 9.93. The Hall–Kier alpha value is -3.00. The summed E-state index contributed by atoms with van der Waals surface area (Å²) in [4.78, 5) is 20.7. The number of hydrogen-bond acceptors (Lipinski definition) is 12. The number of aromatic nitrogens is 4. The molecule has 0 unspecified atom stereocenters. The van der Waals surface area contributed by atoms with Gasteiger partial charge in [0.1, 0.15) is 11.6 Å². The van der Waals surface area contributed by atoms with E-state index in [-0.39, 0.29) is 30.1 Å². The summed E-state index contributed by atoms with van der Waals surface area (Å²) in [7, 11) is 0. The minimum absolute atomic E-state index is 0.00242. The molecular weight excluding hydrogens is 663 g/mol. The van der Waals surface area contributed by atoms with Gasteiger partial charge in [-0.2, -0.15) is 9.97 Å². The maximum absolute atomic E-state index is 10.2. The van der Waals surface area contributed by atoms with Gasteiger partial charge in [-0.1, -0.05) is 59.6 Å². The predicted molar refractivity (Wildman–Crippen MR) is 188 cm³/mol. The molecule has 2 aromatic heterocycles. The fourth-order valence-corrected chi connectivity index (χ4v) is 7.17. The Balaban J connectivity index is 0.000000181. The van der Waals surface area contributed by atoms with Crippen LogP contribution in [0.2, 0.25) is 10.0 Å². The van der Waals surface area contributed by atoms with E-state index < -0.39 is 0 Å². The molecule has 8 N–H and O–H groups in total. The molecule has 0 radical (unpaired) electrons. The maximum atomic E-state index is 10.2. The molecule has 14 heteroatoms. The number of aliphatic hydroxyl groups is 2.